The van der Waals surface area contributed by atoms with Gasteiger partial charge in [0.25, 0.3) is 0 Å². The Kier molecular flexibility index (Phi) is 5.19. The molecule has 0 spiro atoms. The molecule has 0 saturated heterocycles. The molecule has 0 unspecified atom stereocenters. The summed E-state index contributed by atoms with van der Waals surface area (Å²) in [4.78, 5) is 0. The molecule has 0 amide bonds. The maximum Gasteiger partial charge on any atom is 0.123 e. The number of hydrogen-bond donors (Lipinski definition) is 1. The minimum absolute atomic E-state index is 0.324. The van der Waals surface area contributed by atoms with Gasteiger partial charge in [-0.15, -0.1) is 0 Å². The van der Waals surface area contributed by atoms with Gasteiger partial charge in [0.15, 0.2) is 0 Å². The summed E-state index contributed by atoms with van der Waals surface area (Å²) in [6.45, 7) is 7.82. The fourth-order valence-electron chi connectivity index (χ4n) is 2.18. The third-order valence-corrected chi connectivity index (χ3v) is 3.45. The van der Waals surface area contributed by atoms with Crippen molar-refractivity contribution in [3.63, 3.8) is 0 Å². The molecule has 2 aromatic rings. The van der Waals surface area contributed by atoms with Crippen molar-refractivity contribution in [2.45, 2.75) is 33.4 Å². The molecule has 2 aromatic carbocycles. The molecule has 0 heterocycles. The van der Waals surface area contributed by atoms with Gasteiger partial charge in [-0.2, -0.15) is 0 Å². The van der Waals surface area contributed by atoms with Gasteiger partial charge in [-0.3, -0.25) is 0 Å². The highest BCUT2D eigenvalue weighted by molar-refractivity contribution is 5.33. The number of para-hydroxylation sites is 1. The maximum atomic E-state index is 5.65. The number of rotatable bonds is 6. The van der Waals surface area contributed by atoms with Crippen LogP contribution in [0.5, 0.6) is 5.75 Å². The second-order valence-corrected chi connectivity index (χ2v) is 5.05. The molecule has 0 radical (unpaired) electrons. The third kappa shape index (κ3) is 3.84. The first-order valence-electron chi connectivity index (χ1n) is 7.21. The van der Waals surface area contributed by atoms with Gasteiger partial charge in [0, 0.05) is 18.2 Å². The minimum Gasteiger partial charge on any atom is -0.494 e. The molecule has 0 aliphatic heterocycles. The second kappa shape index (κ2) is 7.11. The van der Waals surface area contributed by atoms with E-state index in [9.17, 15) is 0 Å². The van der Waals surface area contributed by atoms with Crippen molar-refractivity contribution in [3.05, 3.63) is 65.2 Å². The summed E-state index contributed by atoms with van der Waals surface area (Å²) in [5, 5.41) is 3.55. The van der Waals surface area contributed by atoms with Gasteiger partial charge in [0.1, 0.15) is 5.75 Å². The summed E-state index contributed by atoms with van der Waals surface area (Å²) in [6, 6.07) is 17.2. The van der Waals surface area contributed by atoms with E-state index in [-0.39, 0.29) is 0 Å². The Hall–Kier alpha value is -1.80. The van der Waals surface area contributed by atoms with Crippen molar-refractivity contribution in [2.24, 2.45) is 0 Å². The van der Waals surface area contributed by atoms with Gasteiger partial charge in [-0.1, -0.05) is 48.0 Å². The lowest BCUT2D eigenvalue weighted by Gasteiger charge is -2.16. The number of benzene rings is 2. The number of nitrogens with one attached hydrogen (secondary N) is 1. The molecular weight excluding hydrogens is 246 g/mol. The van der Waals surface area contributed by atoms with Crippen molar-refractivity contribution < 1.29 is 4.74 Å². The summed E-state index contributed by atoms with van der Waals surface area (Å²) in [7, 11) is 0. The zero-order valence-electron chi connectivity index (χ0n) is 12.5. The van der Waals surface area contributed by atoms with Crippen molar-refractivity contribution in [3.8, 4) is 5.75 Å². The first-order valence-corrected chi connectivity index (χ1v) is 7.21. The highest BCUT2D eigenvalue weighted by Gasteiger charge is 2.07. The van der Waals surface area contributed by atoms with Crippen molar-refractivity contribution in [1.82, 2.24) is 5.32 Å². The molecule has 0 aliphatic carbocycles. The van der Waals surface area contributed by atoms with E-state index in [0.29, 0.717) is 12.6 Å². The second-order valence-electron chi connectivity index (χ2n) is 5.05. The van der Waals surface area contributed by atoms with E-state index < -0.39 is 0 Å². The topological polar surface area (TPSA) is 21.3 Å². The van der Waals surface area contributed by atoms with Crippen LogP contribution in [-0.2, 0) is 6.54 Å². The van der Waals surface area contributed by atoms with Crippen LogP contribution in [0.3, 0.4) is 0 Å². The van der Waals surface area contributed by atoms with E-state index in [4.69, 9.17) is 4.74 Å². The molecule has 0 fully saturated rings. The fraction of sp³-hybridized carbons (Fsp3) is 0.333. The number of hydrogen-bond acceptors (Lipinski definition) is 2. The Labute approximate surface area is 121 Å². The summed E-state index contributed by atoms with van der Waals surface area (Å²) in [6.07, 6.45) is 0. The lowest BCUT2D eigenvalue weighted by atomic mass is 10.1. The van der Waals surface area contributed by atoms with Crippen LogP contribution in [0.2, 0.25) is 0 Å². The fourth-order valence-corrected chi connectivity index (χ4v) is 2.18. The summed E-state index contributed by atoms with van der Waals surface area (Å²) in [5.74, 6) is 0.971. The first kappa shape index (κ1) is 14.6. The van der Waals surface area contributed by atoms with Gasteiger partial charge in [0.05, 0.1) is 6.61 Å². The molecule has 2 nitrogen and oxygen atoms in total. The van der Waals surface area contributed by atoms with Crippen LogP contribution < -0.4 is 10.1 Å². The van der Waals surface area contributed by atoms with Crippen LogP contribution in [0.1, 0.15) is 36.6 Å². The Bertz CT molecular complexity index is 533. The lowest BCUT2D eigenvalue weighted by Crippen LogP contribution is -2.18. The first-order chi connectivity index (χ1) is 9.70. The predicted octanol–water partition coefficient (Wildman–Crippen LogP) is 4.24. The standard InChI is InChI=1S/C18H23NO/c1-4-20-18-8-6-5-7-17(18)13-19-15(3)16-11-9-14(2)10-12-16/h5-12,15,19H,4,13H2,1-3H3/t15-/m1/s1. The van der Waals surface area contributed by atoms with Crippen molar-refractivity contribution in [2.75, 3.05) is 6.61 Å². The minimum atomic E-state index is 0.324. The smallest absolute Gasteiger partial charge is 0.123 e. The normalized spacial score (nSPS) is 12.2. The van der Waals surface area contributed by atoms with Gasteiger partial charge >= 0.3 is 0 Å². The molecule has 0 saturated carbocycles. The summed E-state index contributed by atoms with van der Waals surface area (Å²) in [5.41, 5.74) is 3.81. The lowest BCUT2D eigenvalue weighted by molar-refractivity contribution is 0.335. The highest BCUT2D eigenvalue weighted by atomic mass is 16.5. The summed E-state index contributed by atoms with van der Waals surface area (Å²) >= 11 is 0. The van der Waals surface area contributed by atoms with E-state index in [2.05, 4.69) is 55.6 Å². The van der Waals surface area contributed by atoms with E-state index in [1.54, 1.807) is 0 Å². The Morgan fingerprint density at radius 2 is 1.75 bits per heavy atom. The average Bonchev–Trinajstić information content (AvgIpc) is 2.47. The molecule has 0 aliphatic rings. The third-order valence-electron chi connectivity index (χ3n) is 3.45. The molecule has 0 bridgehead atoms. The van der Waals surface area contributed by atoms with Crippen molar-refractivity contribution >= 4 is 0 Å². The van der Waals surface area contributed by atoms with Gasteiger partial charge < -0.3 is 10.1 Å². The van der Waals surface area contributed by atoms with E-state index in [1.807, 2.05) is 19.1 Å². The van der Waals surface area contributed by atoms with Crippen LogP contribution >= 0.6 is 0 Å². The van der Waals surface area contributed by atoms with E-state index in [0.717, 1.165) is 12.3 Å². The van der Waals surface area contributed by atoms with Gasteiger partial charge in [0.2, 0.25) is 0 Å². The van der Waals surface area contributed by atoms with Crippen LogP contribution in [0.4, 0.5) is 0 Å². The Morgan fingerprint density at radius 1 is 1.05 bits per heavy atom. The molecule has 1 atom stereocenters. The number of aryl methyl sites for hydroxylation is 1. The average molecular weight is 269 g/mol. The van der Waals surface area contributed by atoms with Crippen LogP contribution in [0.15, 0.2) is 48.5 Å². The summed E-state index contributed by atoms with van der Waals surface area (Å²) < 4.78 is 5.65. The quantitative estimate of drug-likeness (QED) is 0.846. The molecule has 1 N–H and O–H groups in total. The van der Waals surface area contributed by atoms with Crippen molar-refractivity contribution in [1.29, 1.82) is 0 Å². The van der Waals surface area contributed by atoms with Gasteiger partial charge in [-0.05, 0) is 32.4 Å². The molecule has 2 heteroatoms. The Balaban J connectivity index is 1.99. The molecule has 0 aromatic heterocycles. The zero-order chi connectivity index (χ0) is 14.4. The Morgan fingerprint density at radius 3 is 2.45 bits per heavy atom. The number of ether oxygens (including phenoxy) is 1. The highest BCUT2D eigenvalue weighted by Crippen LogP contribution is 2.19. The van der Waals surface area contributed by atoms with Gasteiger partial charge in [-0.25, -0.2) is 0 Å². The monoisotopic (exact) mass is 269 g/mol. The predicted molar refractivity (Wildman–Crippen MR) is 84.0 cm³/mol. The van der Waals surface area contributed by atoms with E-state index in [1.165, 1.54) is 16.7 Å². The molecule has 106 valence electrons. The molecule has 20 heavy (non-hydrogen) atoms. The molecular formula is C18H23NO. The maximum absolute atomic E-state index is 5.65. The van der Waals surface area contributed by atoms with Crippen LogP contribution in [0.25, 0.3) is 0 Å². The van der Waals surface area contributed by atoms with Crippen LogP contribution in [0, 0.1) is 6.92 Å². The zero-order valence-corrected chi connectivity index (χ0v) is 12.5. The largest absolute Gasteiger partial charge is 0.494 e. The van der Waals surface area contributed by atoms with E-state index >= 15 is 0 Å². The van der Waals surface area contributed by atoms with Crippen LogP contribution in [-0.4, -0.2) is 6.61 Å². The molecule has 2 rings (SSSR count). The SMILES string of the molecule is CCOc1ccccc1CN[C@H](C)c1ccc(C)cc1.